The molecule has 3 heteroatoms. The van der Waals surface area contributed by atoms with E-state index < -0.39 is 12.0 Å². The second kappa shape index (κ2) is 5.92. The molecule has 0 aliphatic rings. The number of nitrogens with two attached hydrogens (primary N) is 1. The van der Waals surface area contributed by atoms with E-state index in [-0.39, 0.29) is 0 Å². The molecule has 1 unspecified atom stereocenters. The summed E-state index contributed by atoms with van der Waals surface area (Å²) in [5.74, 6) is -0.395. The van der Waals surface area contributed by atoms with E-state index in [2.05, 4.69) is 11.3 Å². The quantitative estimate of drug-likeness (QED) is 0.481. The van der Waals surface area contributed by atoms with E-state index in [4.69, 9.17) is 5.73 Å². The monoisotopic (exact) mass is 157 g/mol. The fourth-order valence-electron chi connectivity index (χ4n) is 0.711. The van der Waals surface area contributed by atoms with Gasteiger partial charge in [0, 0.05) is 0 Å². The van der Waals surface area contributed by atoms with Crippen LogP contribution >= 0.6 is 0 Å². The summed E-state index contributed by atoms with van der Waals surface area (Å²) in [5, 5.41) is 0. The Bertz CT molecular complexity index is 134. The van der Waals surface area contributed by atoms with E-state index in [1.54, 1.807) is 0 Å². The van der Waals surface area contributed by atoms with Crippen LogP contribution in [0.3, 0.4) is 0 Å². The fraction of sp³-hybridized carbons (Fsp3) is 0.625. The van der Waals surface area contributed by atoms with Gasteiger partial charge in [0.15, 0.2) is 0 Å². The van der Waals surface area contributed by atoms with Crippen LogP contribution in [0.2, 0.25) is 0 Å². The molecule has 1 atom stereocenters. The SMILES string of the molecule is C=COC(=O)C(N)CCCC. The minimum atomic E-state index is -0.493. The van der Waals surface area contributed by atoms with Crippen LogP contribution < -0.4 is 5.73 Å². The minimum Gasteiger partial charge on any atom is -0.434 e. The smallest absolute Gasteiger partial charge is 0.327 e. The average Bonchev–Trinajstić information content (AvgIpc) is 2.00. The lowest BCUT2D eigenvalue weighted by atomic mass is 10.1. The van der Waals surface area contributed by atoms with Crippen LogP contribution in [0.5, 0.6) is 0 Å². The zero-order chi connectivity index (χ0) is 8.69. The van der Waals surface area contributed by atoms with Gasteiger partial charge in [-0.2, -0.15) is 0 Å². The molecule has 0 saturated heterocycles. The van der Waals surface area contributed by atoms with Crippen molar-refractivity contribution in [3.05, 3.63) is 12.8 Å². The van der Waals surface area contributed by atoms with Gasteiger partial charge in [-0.15, -0.1) is 0 Å². The molecule has 0 aromatic rings. The van der Waals surface area contributed by atoms with Gasteiger partial charge < -0.3 is 10.5 Å². The Morgan fingerprint density at radius 3 is 2.91 bits per heavy atom. The van der Waals surface area contributed by atoms with Crippen LogP contribution in [0, 0.1) is 0 Å². The number of carbonyl (C=O) groups excluding carboxylic acids is 1. The number of esters is 1. The van der Waals surface area contributed by atoms with Crippen molar-refractivity contribution in [3.63, 3.8) is 0 Å². The lowest BCUT2D eigenvalue weighted by Crippen LogP contribution is -2.30. The highest BCUT2D eigenvalue weighted by Gasteiger charge is 2.12. The second-order valence-electron chi connectivity index (χ2n) is 2.35. The summed E-state index contributed by atoms with van der Waals surface area (Å²) in [6.07, 6.45) is 3.78. The molecule has 0 rings (SSSR count). The summed E-state index contributed by atoms with van der Waals surface area (Å²) < 4.78 is 4.50. The van der Waals surface area contributed by atoms with Crippen molar-refractivity contribution in [3.8, 4) is 0 Å². The molecule has 64 valence electrons. The van der Waals surface area contributed by atoms with Crippen molar-refractivity contribution in [1.29, 1.82) is 0 Å². The fourth-order valence-corrected chi connectivity index (χ4v) is 0.711. The van der Waals surface area contributed by atoms with E-state index in [0.717, 1.165) is 19.1 Å². The standard InChI is InChI=1S/C8H15NO2/c1-3-5-6-7(9)8(10)11-4-2/h4,7H,2-3,5-6,9H2,1H3. The van der Waals surface area contributed by atoms with Gasteiger partial charge in [0.1, 0.15) is 6.04 Å². The first-order valence-electron chi connectivity index (χ1n) is 3.79. The molecule has 3 nitrogen and oxygen atoms in total. The Morgan fingerprint density at radius 1 is 1.82 bits per heavy atom. The molecule has 0 aliphatic heterocycles. The summed E-state index contributed by atoms with van der Waals surface area (Å²) in [5.41, 5.74) is 5.47. The van der Waals surface area contributed by atoms with Crippen LogP contribution in [0.25, 0.3) is 0 Å². The lowest BCUT2D eigenvalue weighted by Gasteiger charge is -2.06. The van der Waals surface area contributed by atoms with E-state index in [1.807, 2.05) is 6.92 Å². The first kappa shape index (κ1) is 10.2. The number of ether oxygens (including phenoxy) is 1. The van der Waals surface area contributed by atoms with Crippen molar-refractivity contribution in [2.45, 2.75) is 32.2 Å². The predicted octanol–water partition coefficient (Wildman–Crippen LogP) is 1.19. The van der Waals surface area contributed by atoms with Gasteiger partial charge in [-0.3, -0.25) is 0 Å². The molecule has 2 N–H and O–H groups in total. The first-order chi connectivity index (χ1) is 5.22. The predicted molar refractivity (Wildman–Crippen MR) is 43.8 cm³/mol. The van der Waals surface area contributed by atoms with Gasteiger partial charge in [0.05, 0.1) is 6.26 Å². The third-order valence-electron chi connectivity index (χ3n) is 1.37. The summed E-state index contributed by atoms with van der Waals surface area (Å²) in [6.45, 7) is 5.31. The molecule has 0 amide bonds. The summed E-state index contributed by atoms with van der Waals surface area (Å²) in [4.78, 5) is 10.8. The van der Waals surface area contributed by atoms with Crippen LogP contribution in [-0.2, 0) is 9.53 Å². The van der Waals surface area contributed by atoms with Crippen LogP contribution in [-0.4, -0.2) is 12.0 Å². The number of hydrogen-bond acceptors (Lipinski definition) is 3. The zero-order valence-corrected chi connectivity index (χ0v) is 6.88. The van der Waals surface area contributed by atoms with E-state index >= 15 is 0 Å². The highest BCUT2D eigenvalue weighted by Crippen LogP contribution is 1.99. The number of carbonyl (C=O) groups is 1. The Balaban J connectivity index is 3.54. The number of unbranched alkanes of at least 4 members (excludes halogenated alkanes) is 1. The second-order valence-corrected chi connectivity index (χ2v) is 2.35. The van der Waals surface area contributed by atoms with Gasteiger partial charge >= 0.3 is 5.97 Å². The maximum absolute atomic E-state index is 10.8. The van der Waals surface area contributed by atoms with Gasteiger partial charge in [0.2, 0.25) is 0 Å². The highest BCUT2D eigenvalue weighted by atomic mass is 16.5. The molecule has 0 aliphatic carbocycles. The molecule has 0 aromatic heterocycles. The molecule has 0 heterocycles. The molecule has 0 radical (unpaired) electrons. The molecular formula is C8H15NO2. The topological polar surface area (TPSA) is 52.3 Å². The van der Waals surface area contributed by atoms with Crippen LogP contribution in [0.15, 0.2) is 12.8 Å². The van der Waals surface area contributed by atoms with Crippen molar-refractivity contribution < 1.29 is 9.53 Å². The normalized spacial score (nSPS) is 12.2. The Hall–Kier alpha value is -0.830. The molecular weight excluding hydrogens is 142 g/mol. The van der Waals surface area contributed by atoms with Gasteiger partial charge in [-0.1, -0.05) is 26.3 Å². The van der Waals surface area contributed by atoms with E-state index in [1.165, 1.54) is 0 Å². The molecule has 0 saturated carbocycles. The third-order valence-corrected chi connectivity index (χ3v) is 1.37. The van der Waals surface area contributed by atoms with E-state index in [0.29, 0.717) is 6.42 Å². The lowest BCUT2D eigenvalue weighted by molar-refractivity contribution is -0.139. The van der Waals surface area contributed by atoms with Crippen molar-refractivity contribution in [2.24, 2.45) is 5.73 Å². The maximum Gasteiger partial charge on any atom is 0.327 e. The molecule has 0 fully saturated rings. The number of hydrogen-bond donors (Lipinski definition) is 1. The summed E-state index contributed by atoms with van der Waals surface area (Å²) in [6, 6.07) is -0.493. The van der Waals surface area contributed by atoms with Crippen molar-refractivity contribution in [2.75, 3.05) is 0 Å². The molecule has 0 bridgehead atoms. The number of rotatable bonds is 5. The summed E-state index contributed by atoms with van der Waals surface area (Å²) >= 11 is 0. The van der Waals surface area contributed by atoms with Crippen molar-refractivity contribution >= 4 is 5.97 Å². The Labute approximate surface area is 67.2 Å². The highest BCUT2D eigenvalue weighted by molar-refractivity contribution is 5.75. The maximum atomic E-state index is 10.8. The van der Waals surface area contributed by atoms with E-state index in [9.17, 15) is 4.79 Å². The van der Waals surface area contributed by atoms with Crippen LogP contribution in [0.1, 0.15) is 26.2 Å². The zero-order valence-electron chi connectivity index (χ0n) is 6.88. The molecule has 0 aromatic carbocycles. The molecule has 11 heavy (non-hydrogen) atoms. The average molecular weight is 157 g/mol. The summed E-state index contributed by atoms with van der Waals surface area (Å²) in [7, 11) is 0. The van der Waals surface area contributed by atoms with Gasteiger partial charge in [-0.05, 0) is 6.42 Å². The first-order valence-corrected chi connectivity index (χ1v) is 3.79. The molecule has 0 spiro atoms. The third kappa shape index (κ3) is 4.56. The minimum absolute atomic E-state index is 0.395. The van der Waals surface area contributed by atoms with Gasteiger partial charge in [0.25, 0.3) is 0 Å². The largest absolute Gasteiger partial charge is 0.434 e. The van der Waals surface area contributed by atoms with Crippen LogP contribution in [0.4, 0.5) is 0 Å². The Kier molecular flexibility index (Phi) is 5.47. The van der Waals surface area contributed by atoms with Gasteiger partial charge in [-0.25, -0.2) is 4.79 Å². The van der Waals surface area contributed by atoms with Crippen molar-refractivity contribution in [1.82, 2.24) is 0 Å². The Morgan fingerprint density at radius 2 is 2.45 bits per heavy atom.